The van der Waals surface area contributed by atoms with Crippen LogP contribution in [0, 0.1) is 0 Å². The second kappa shape index (κ2) is 6.58. The molecular formula is C9H17NO4S. The third-order valence-electron chi connectivity index (χ3n) is 1.70. The van der Waals surface area contributed by atoms with Gasteiger partial charge in [0.2, 0.25) is 10.0 Å². The predicted molar refractivity (Wildman–Crippen MR) is 57.9 cm³/mol. The van der Waals surface area contributed by atoms with Crippen LogP contribution in [-0.4, -0.2) is 44.1 Å². The molecule has 0 rings (SSSR count). The van der Waals surface area contributed by atoms with Crippen molar-refractivity contribution >= 4 is 16.0 Å². The largest absolute Gasteiger partial charge is 0.465 e. The first kappa shape index (κ1) is 14.1. The number of hydrogen-bond acceptors (Lipinski definition) is 4. The Hall–Kier alpha value is -0.880. The van der Waals surface area contributed by atoms with E-state index in [4.69, 9.17) is 0 Å². The molecule has 5 nitrogen and oxygen atoms in total. The molecule has 0 bridgehead atoms. The van der Waals surface area contributed by atoms with Gasteiger partial charge in [-0.2, -0.15) is 4.31 Å². The van der Waals surface area contributed by atoms with E-state index in [0.717, 1.165) is 4.31 Å². The van der Waals surface area contributed by atoms with Crippen LogP contribution in [0.2, 0.25) is 0 Å². The van der Waals surface area contributed by atoms with Gasteiger partial charge in [-0.25, -0.2) is 8.42 Å². The highest BCUT2D eigenvalue weighted by molar-refractivity contribution is 7.89. The van der Waals surface area contributed by atoms with E-state index in [1.807, 2.05) is 0 Å². The normalized spacial score (nSPS) is 11.4. The first-order chi connectivity index (χ1) is 6.97. The van der Waals surface area contributed by atoms with E-state index in [0.29, 0.717) is 0 Å². The number of carbonyl (C=O) groups is 1. The smallest absolute Gasteiger partial charge is 0.321 e. The Balaban J connectivity index is 4.54. The molecule has 0 aromatic carbocycles. The van der Waals surface area contributed by atoms with Crippen molar-refractivity contribution in [3.8, 4) is 0 Å². The lowest BCUT2D eigenvalue weighted by molar-refractivity contribution is -0.143. The van der Waals surface area contributed by atoms with Gasteiger partial charge in [0.25, 0.3) is 0 Å². The molecule has 0 radical (unpaired) electrons. The van der Waals surface area contributed by atoms with Crippen molar-refractivity contribution in [1.82, 2.24) is 4.31 Å². The molecule has 0 aromatic rings. The van der Waals surface area contributed by atoms with Gasteiger partial charge in [-0.3, -0.25) is 4.79 Å². The summed E-state index contributed by atoms with van der Waals surface area (Å²) in [7, 11) is -3.37. The fourth-order valence-electron chi connectivity index (χ4n) is 0.954. The Kier molecular flexibility index (Phi) is 6.19. The maximum Gasteiger partial charge on any atom is 0.321 e. The number of ether oxygens (including phenoxy) is 1. The van der Waals surface area contributed by atoms with Gasteiger partial charge in [-0.1, -0.05) is 6.08 Å². The number of nitrogens with zero attached hydrogens (tertiary/aromatic N) is 1. The van der Waals surface area contributed by atoms with Gasteiger partial charge >= 0.3 is 5.97 Å². The lowest BCUT2D eigenvalue weighted by Crippen LogP contribution is -2.37. The van der Waals surface area contributed by atoms with Crippen molar-refractivity contribution in [2.75, 3.05) is 25.4 Å². The van der Waals surface area contributed by atoms with Crippen molar-refractivity contribution in [1.29, 1.82) is 0 Å². The van der Waals surface area contributed by atoms with E-state index in [1.54, 1.807) is 6.92 Å². The molecule has 88 valence electrons. The van der Waals surface area contributed by atoms with Crippen molar-refractivity contribution in [3.05, 3.63) is 12.7 Å². The lowest BCUT2D eigenvalue weighted by atomic mass is 10.5. The SMILES string of the molecule is C=CCN(CC(=O)OCC)S(=O)(=O)CC. The molecular weight excluding hydrogens is 218 g/mol. The number of rotatable bonds is 7. The molecule has 0 amide bonds. The van der Waals surface area contributed by atoms with Gasteiger partial charge in [-0.05, 0) is 13.8 Å². The standard InChI is InChI=1S/C9H17NO4S/c1-4-7-10(15(12,13)6-3)8-9(11)14-5-2/h4H,1,5-8H2,2-3H3. The van der Waals surface area contributed by atoms with Crippen LogP contribution in [0.4, 0.5) is 0 Å². The van der Waals surface area contributed by atoms with Crippen molar-refractivity contribution < 1.29 is 17.9 Å². The molecule has 15 heavy (non-hydrogen) atoms. The highest BCUT2D eigenvalue weighted by Crippen LogP contribution is 2.01. The second-order valence-electron chi connectivity index (χ2n) is 2.79. The van der Waals surface area contributed by atoms with E-state index < -0.39 is 16.0 Å². The van der Waals surface area contributed by atoms with Gasteiger partial charge in [0.05, 0.1) is 12.4 Å². The maximum absolute atomic E-state index is 11.5. The summed E-state index contributed by atoms with van der Waals surface area (Å²) in [4.78, 5) is 11.1. The van der Waals surface area contributed by atoms with Crippen LogP contribution in [-0.2, 0) is 19.6 Å². The summed E-state index contributed by atoms with van der Waals surface area (Å²) in [6, 6.07) is 0. The number of hydrogen-bond donors (Lipinski definition) is 0. The Bertz CT molecular complexity index is 310. The minimum Gasteiger partial charge on any atom is -0.465 e. The van der Waals surface area contributed by atoms with Crippen LogP contribution in [0.1, 0.15) is 13.8 Å². The van der Waals surface area contributed by atoms with Crippen LogP contribution in [0.25, 0.3) is 0 Å². The summed E-state index contributed by atoms with van der Waals surface area (Å²) >= 11 is 0. The maximum atomic E-state index is 11.5. The summed E-state index contributed by atoms with van der Waals surface area (Å²) in [5.41, 5.74) is 0. The fraction of sp³-hybridized carbons (Fsp3) is 0.667. The minimum atomic E-state index is -3.37. The summed E-state index contributed by atoms with van der Waals surface area (Å²) < 4.78 is 28.7. The first-order valence-corrected chi connectivity index (χ1v) is 6.33. The van der Waals surface area contributed by atoms with Crippen LogP contribution >= 0.6 is 0 Å². The van der Waals surface area contributed by atoms with Gasteiger partial charge in [0.15, 0.2) is 0 Å². The number of esters is 1. The van der Waals surface area contributed by atoms with Crippen molar-refractivity contribution in [3.63, 3.8) is 0 Å². The molecule has 0 fully saturated rings. The topological polar surface area (TPSA) is 63.7 Å². The van der Waals surface area contributed by atoms with Gasteiger partial charge in [-0.15, -0.1) is 6.58 Å². The monoisotopic (exact) mass is 235 g/mol. The van der Waals surface area contributed by atoms with Crippen molar-refractivity contribution in [2.45, 2.75) is 13.8 Å². The molecule has 0 N–H and O–H groups in total. The zero-order chi connectivity index (χ0) is 11.9. The zero-order valence-corrected chi connectivity index (χ0v) is 9.92. The average molecular weight is 235 g/mol. The molecule has 0 aliphatic carbocycles. The third kappa shape index (κ3) is 4.94. The summed E-state index contributed by atoms with van der Waals surface area (Å²) in [5, 5.41) is 0. The third-order valence-corrected chi connectivity index (χ3v) is 3.50. The van der Waals surface area contributed by atoms with Gasteiger partial charge in [0.1, 0.15) is 6.54 Å². The van der Waals surface area contributed by atoms with E-state index >= 15 is 0 Å². The summed E-state index contributed by atoms with van der Waals surface area (Å²) in [6.45, 7) is 6.75. The average Bonchev–Trinajstić information content (AvgIpc) is 2.17. The minimum absolute atomic E-state index is 0.0414. The zero-order valence-electron chi connectivity index (χ0n) is 9.10. The highest BCUT2D eigenvalue weighted by Gasteiger charge is 2.21. The summed E-state index contributed by atoms with van der Waals surface area (Å²) in [5.74, 6) is -0.586. The molecule has 0 unspecified atom stereocenters. The molecule has 0 heterocycles. The van der Waals surface area contributed by atoms with Crippen LogP contribution < -0.4 is 0 Å². The van der Waals surface area contributed by atoms with E-state index in [-0.39, 0.29) is 25.4 Å². The quantitative estimate of drug-likeness (QED) is 0.473. The van der Waals surface area contributed by atoms with Gasteiger partial charge in [0, 0.05) is 6.54 Å². The van der Waals surface area contributed by atoms with Gasteiger partial charge < -0.3 is 4.74 Å². The van der Waals surface area contributed by atoms with Crippen LogP contribution in [0.3, 0.4) is 0 Å². The van der Waals surface area contributed by atoms with Crippen LogP contribution in [0.15, 0.2) is 12.7 Å². The van der Waals surface area contributed by atoms with Crippen LogP contribution in [0.5, 0.6) is 0 Å². The predicted octanol–water partition coefficient (Wildman–Crippen LogP) is 0.387. The summed E-state index contributed by atoms with van der Waals surface area (Å²) in [6.07, 6.45) is 1.44. The highest BCUT2D eigenvalue weighted by atomic mass is 32.2. The Labute approximate surface area is 90.8 Å². The molecule has 0 saturated heterocycles. The molecule has 0 saturated carbocycles. The first-order valence-electron chi connectivity index (χ1n) is 4.72. The Morgan fingerprint density at radius 2 is 2.07 bits per heavy atom. The molecule has 0 aliphatic heterocycles. The second-order valence-corrected chi connectivity index (χ2v) is 5.04. The molecule has 0 aliphatic rings. The van der Waals surface area contributed by atoms with E-state index in [2.05, 4.69) is 11.3 Å². The van der Waals surface area contributed by atoms with E-state index in [1.165, 1.54) is 13.0 Å². The lowest BCUT2D eigenvalue weighted by Gasteiger charge is -2.18. The molecule has 0 spiro atoms. The number of sulfonamides is 1. The molecule has 6 heteroatoms. The number of carbonyl (C=O) groups excluding carboxylic acids is 1. The van der Waals surface area contributed by atoms with E-state index in [9.17, 15) is 13.2 Å². The Morgan fingerprint density at radius 1 is 1.47 bits per heavy atom. The molecule has 0 atom stereocenters. The molecule has 0 aromatic heterocycles. The fourth-order valence-corrected chi connectivity index (χ4v) is 1.95. The Morgan fingerprint density at radius 3 is 2.47 bits per heavy atom. The van der Waals surface area contributed by atoms with Crippen molar-refractivity contribution in [2.24, 2.45) is 0 Å².